The van der Waals surface area contributed by atoms with Gasteiger partial charge in [-0.1, -0.05) is 0 Å². The zero-order valence-electron chi connectivity index (χ0n) is 9.70. The Morgan fingerprint density at radius 1 is 1.38 bits per heavy atom. The average Bonchev–Trinajstić information content (AvgIpc) is 2.30. The number of hydrogen-bond donors (Lipinski definition) is 2. The first-order valence-corrected chi connectivity index (χ1v) is 5.72. The average molecular weight is 242 g/mol. The van der Waals surface area contributed by atoms with Crippen molar-refractivity contribution in [2.45, 2.75) is 19.8 Å². The van der Waals surface area contributed by atoms with E-state index in [4.69, 9.17) is 0 Å². The van der Waals surface area contributed by atoms with Crippen LogP contribution in [0.3, 0.4) is 0 Å². The zero-order chi connectivity index (χ0) is 10.5. The van der Waals surface area contributed by atoms with Gasteiger partial charge in [-0.25, -0.2) is 0 Å². The maximum Gasteiger partial charge on any atom is 0.0527 e. The Morgan fingerprint density at radius 3 is 2.75 bits per heavy atom. The Labute approximate surface area is 103 Å². The van der Waals surface area contributed by atoms with Gasteiger partial charge in [0.2, 0.25) is 0 Å². The fourth-order valence-electron chi connectivity index (χ4n) is 1.92. The van der Waals surface area contributed by atoms with Crippen LogP contribution in [0.1, 0.15) is 18.5 Å². The van der Waals surface area contributed by atoms with E-state index in [2.05, 4.69) is 21.7 Å². The van der Waals surface area contributed by atoms with Gasteiger partial charge in [0.15, 0.2) is 0 Å². The van der Waals surface area contributed by atoms with Crippen LogP contribution in [0.5, 0.6) is 0 Å². The summed E-state index contributed by atoms with van der Waals surface area (Å²) in [6.45, 7) is 5.42. The van der Waals surface area contributed by atoms with Crippen molar-refractivity contribution in [1.82, 2.24) is 10.3 Å². The van der Waals surface area contributed by atoms with Gasteiger partial charge >= 0.3 is 0 Å². The fourth-order valence-corrected chi connectivity index (χ4v) is 1.92. The van der Waals surface area contributed by atoms with Crippen molar-refractivity contribution in [2.75, 3.05) is 25.0 Å². The van der Waals surface area contributed by atoms with Crippen LogP contribution in [-0.2, 0) is 0 Å². The van der Waals surface area contributed by atoms with Crippen LogP contribution < -0.4 is 10.6 Å². The summed E-state index contributed by atoms with van der Waals surface area (Å²) in [5.74, 6) is 0.813. The van der Waals surface area contributed by atoms with Crippen LogP contribution in [0.15, 0.2) is 18.3 Å². The highest BCUT2D eigenvalue weighted by Gasteiger charge is 2.12. The lowest BCUT2D eigenvalue weighted by Gasteiger charge is -2.23. The van der Waals surface area contributed by atoms with Gasteiger partial charge in [-0.05, 0) is 50.9 Å². The van der Waals surface area contributed by atoms with Gasteiger partial charge in [0.05, 0.1) is 11.9 Å². The minimum Gasteiger partial charge on any atom is -0.384 e. The molecule has 3 nitrogen and oxygen atoms in total. The minimum atomic E-state index is 0. The third-order valence-corrected chi connectivity index (χ3v) is 2.96. The smallest absolute Gasteiger partial charge is 0.0527 e. The van der Waals surface area contributed by atoms with Crippen LogP contribution in [-0.4, -0.2) is 24.6 Å². The van der Waals surface area contributed by atoms with Crippen molar-refractivity contribution < 1.29 is 0 Å². The number of nitrogens with one attached hydrogen (secondary N) is 2. The highest BCUT2D eigenvalue weighted by molar-refractivity contribution is 5.85. The van der Waals surface area contributed by atoms with E-state index >= 15 is 0 Å². The Morgan fingerprint density at radius 2 is 2.12 bits per heavy atom. The first-order valence-electron chi connectivity index (χ1n) is 5.72. The van der Waals surface area contributed by atoms with E-state index in [1.54, 1.807) is 0 Å². The summed E-state index contributed by atoms with van der Waals surface area (Å²) in [5, 5.41) is 6.83. The first-order chi connectivity index (χ1) is 7.34. The molecule has 4 heteroatoms. The van der Waals surface area contributed by atoms with Gasteiger partial charge in [0.25, 0.3) is 0 Å². The van der Waals surface area contributed by atoms with Crippen molar-refractivity contribution in [3.05, 3.63) is 24.0 Å². The van der Waals surface area contributed by atoms with E-state index in [1.807, 2.05) is 19.2 Å². The van der Waals surface area contributed by atoms with Crippen LogP contribution in [0, 0.1) is 12.8 Å². The van der Waals surface area contributed by atoms with E-state index in [1.165, 1.54) is 25.9 Å². The summed E-state index contributed by atoms with van der Waals surface area (Å²) in [6.07, 6.45) is 4.48. The Balaban J connectivity index is 0.00000128. The molecule has 0 spiro atoms. The summed E-state index contributed by atoms with van der Waals surface area (Å²) in [6, 6.07) is 4.15. The van der Waals surface area contributed by atoms with Gasteiger partial charge in [-0.2, -0.15) is 0 Å². The summed E-state index contributed by atoms with van der Waals surface area (Å²) < 4.78 is 0. The van der Waals surface area contributed by atoms with E-state index in [0.717, 1.165) is 23.8 Å². The molecule has 0 radical (unpaired) electrons. The molecule has 1 aliphatic heterocycles. The standard InChI is InChI=1S/C12H19N3.ClH/c1-10-2-3-12(9-14-10)15-8-11-4-6-13-7-5-11;/h2-3,9,11,13,15H,4-8H2,1H3;1H. The Bertz CT molecular complexity index is 294. The highest BCUT2D eigenvalue weighted by Crippen LogP contribution is 2.13. The molecular weight excluding hydrogens is 222 g/mol. The monoisotopic (exact) mass is 241 g/mol. The maximum atomic E-state index is 4.27. The predicted molar refractivity (Wildman–Crippen MR) is 70.3 cm³/mol. The molecule has 0 amide bonds. The molecular formula is C12H20ClN3. The number of hydrogen-bond acceptors (Lipinski definition) is 3. The summed E-state index contributed by atoms with van der Waals surface area (Å²) in [5.41, 5.74) is 2.21. The molecule has 0 aromatic carbocycles. The quantitative estimate of drug-likeness (QED) is 0.852. The molecule has 16 heavy (non-hydrogen) atoms. The molecule has 1 aromatic rings. The van der Waals surface area contributed by atoms with Gasteiger partial charge in [0.1, 0.15) is 0 Å². The van der Waals surface area contributed by atoms with Crippen molar-refractivity contribution in [2.24, 2.45) is 5.92 Å². The number of rotatable bonds is 3. The van der Waals surface area contributed by atoms with E-state index in [0.29, 0.717) is 0 Å². The van der Waals surface area contributed by atoms with Gasteiger partial charge in [-0.3, -0.25) is 4.98 Å². The van der Waals surface area contributed by atoms with E-state index in [-0.39, 0.29) is 12.4 Å². The first kappa shape index (κ1) is 13.3. The molecule has 0 aliphatic carbocycles. The second-order valence-electron chi connectivity index (χ2n) is 4.26. The van der Waals surface area contributed by atoms with E-state index in [9.17, 15) is 0 Å². The molecule has 1 aliphatic rings. The summed E-state index contributed by atoms with van der Waals surface area (Å²) >= 11 is 0. The van der Waals surface area contributed by atoms with Crippen molar-refractivity contribution in [1.29, 1.82) is 0 Å². The Kier molecular flexibility index (Phi) is 5.56. The van der Waals surface area contributed by atoms with Crippen molar-refractivity contribution >= 4 is 18.1 Å². The second kappa shape index (κ2) is 6.71. The third kappa shape index (κ3) is 3.99. The number of aryl methyl sites for hydroxylation is 1. The van der Waals surface area contributed by atoms with Crippen molar-refractivity contribution in [3.8, 4) is 0 Å². The number of nitrogens with zero attached hydrogens (tertiary/aromatic N) is 1. The molecule has 2 rings (SSSR count). The van der Waals surface area contributed by atoms with Crippen LogP contribution in [0.2, 0.25) is 0 Å². The van der Waals surface area contributed by atoms with Gasteiger partial charge in [-0.15, -0.1) is 12.4 Å². The molecule has 2 heterocycles. The third-order valence-electron chi connectivity index (χ3n) is 2.96. The summed E-state index contributed by atoms with van der Waals surface area (Å²) in [4.78, 5) is 4.27. The molecule has 2 N–H and O–H groups in total. The zero-order valence-corrected chi connectivity index (χ0v) is 10.5. The van der Waals surface area contributed by atoms with Gasteiger partial charge < -0.3 is 10.6 Å². The number of piperidine rings is 1. The van der Waals surface area contributed by atoms with Crippen LogP contribution in [0.4, 0.5) is 5.69 Å². The normalized spacial score (nSPS) is 16.6. The lowest BCUT2D eigenvalue weighted by atomic mass is 9.98. The molecule has 90 valence electrons. The van der Waals surface area contributed by atoms with Crippen molar-refractivity contribution in [3.63, 3.8) is 0 Å². The maximum absolute atomic E-state index is 4.27. The van der Waals surface area contributed by atoms with E-state index < -0.39 is 0 Å². The molecule has 0 atom stereocenters. The number of pyridine rings is 1. The number of halogens is 1. The minimum absolute atomic E-state index is 0. The highest BCUT2D eigenvalue weighted by atomic mass is 35.5. The molecule has 1 saturated heterocycles. The largest absolute Gasteiger partial charge is 0.384 e. The molecule has 0 unspecified atom stereocenters. The predicted octanol–water partition coefficient (Wildman–Crippen LogP) is 2.22. The molecule has 1 fully saturated rings. The summed E-state index contributed by atoms with van der Waals surface area (Å²) in [7, 11) is 0. The fraction of sp³-hybridized carbons (Fsp3) is 0.583. The molecule has 1 aromatic heterocycles. The molecule has 0 saturated carbocycles. The lowest BCUT2D eigenvalue weighted by Crippen LogP contribution is -2.31. The molecule has 0 bridgehead atoms. The topological polar surface area (TPSA) is 37.0 Å². The number of aromatic nitrogens is 1. The Hall–Kier alpha value is -0.800. The second-order valence-corrected chi connectivity index (χ2v) is 4.26. The van der Waals surface area contributed by atoms with Gasteiger partial charge in [0, 0.05) is 12.2 Å². The van der Waals surface area contributed by atoms with Crippen LogP contribution in [0.25, 0.3) is 0 Å². The van der Waals surface area contributed by atoms with Crippen LogP contribution >= 0.6 is 12.4 Å². The lowest BCUT2D eigenvalue weighted by molar-refractivity contribution is 0.390. The SMILES string of the molecule is Cc1ccc(NCC2CCNCC2)cn1.Cl. The number of anilines is 1.